The number of aromatic nitrogens is 1. The molecular weight excluding hydrogens is 737 g/mol. The Morgan fingerprint density at radius 3 is 1.57 bits per heavy atom. The van der Waals surface area contributed by atoms with Crippen LogP contribution in [0.25, 0.3) is 60.5 Å². The summed E-state index contributed by atoms with van der Waals surface area (Å²) >= 11 is 0. The normalized spacial score (nSPS) is 12.7. The molecule has 0 amide bonds. The van der Waals surface area contributed by atoms with E-state index in [4.69, 9.17) is 0 Å². The molecule has 1 aliphatic rings. The van der Waals surface area contributed by atoms with Crippen LogP contribution in [-0.4, -0.2) is 4.57 Å². The molecule has 0 bridgehead atoms. The zero-order valence-electron chi connectivity index (χ0n) is 33.5. The number of para-hydroxylation sites is 2. The number of hydrogen-bond acceptors (Lipinski definition) is 1. The van der Waals surface area contributed by atoms with Crippen molar-refractivity contribution in [1.82, 2.24) is 4.57 Å². The molecule has 0 saturated carbocycles. The van der Waals surface area contributed by atoms with E-state index in [0.717, 1.165) is 28.3 Å². The first-order chi connectivity index (χ1) is 30.3. The van der Waals surface area contributed by atoms with E-state index in [2.05, 4.69) is 252 Å². The first-order valence-electron chi connectivity index (χ1n) is 21.1. The maximum absolute atomic E-state index is 2.47. The van der Waals surface area contributed by atoms with Gasteiger partial charge < -0.3 is 9.47 Å². The van der Waals surface area contributed by atoms with Gasteiger partial charge in [0.05, 0.1) is 16.4 Å². The molecule has 0 atom stereocenters. The molecule has 0 N–H and O–H groups in total. The van der Waals surface area contributed by atoms with Crippen molar-refractivity contribution in [3.05, 3.63) is 265 Å². The molecule has 1 aliphatic carbocycles. The Bertz CT molecular complexity index is 3350. The fraction of sp³-hybridized carbons (Fsp3) is 0.0169. The summed E-state index contributed by atoms with van der Waals surface area (Å²) in [4.78, 5) is 2.43. The minimum atomic E-state index is -0.546. The SMILES string of the molecule is c1ccc(-c2ccc3c(c2)c2ccc(N(c4ccccc4)c4ccc5c(c4)C(c4ccccc4)(c4ccccc4)c4cc6ccccc6cc4-5)cc2n3-c2ccccc2)cc1. The molecule has 0 spiro atoms. The van der Waals surface area contributed by atoms with Crippen LogP contribution in [0.4, 0.5) is 17.1 Å². The Hall–Kier alpha value is -7.94. The van der Waals surface area contributed by atoms with Gasteiger partial charge in [-0.05, 0) is 128 Å². The van der Waals surface area contributed by atoms with Crippen LogP contribution in [0.5, 0.6) is 0 Å². The summed E-state index contributed by atoms with van der Waals surface area (Å²) < 4.78 is 2.42. The van der Waals surface area contributed by atoms with Gasteiger partial charge in [-0.2, -0.15) is 0 Å². The highest BCUT2D eigenvalue weighted by Gasteiger charge is 2.46. The van der Waals surface area contributed by atoms with E-state index in [0.29, 0.717) is 0 Å². The highest BCUT2D eigenvalue weighted by molar-refractivity contribution is 6.11. The number of anilines is 3. The smallest absolute Gasteiger partial charge is 0.0714 e. The van der Waals surface area contributed by atoms with Gasteiger partial charge in [0.2, 0.25) is 0 Å². The molecule has 2 heteroatoms. The van der Waals surface area contributed by atoms with Gasteiger partial charge in [-0.1, -0.05) is 170 Å². The van der Waals surface area contributed by atoms with Gasteiger partial charge in [0.15, 0.2) is 0 Å². The monoisotopic (exact) mass is 776 g/mol. The second-order valence-electron chi connectivity index (χ2n) is 16.1. The summed E-state index contributed by atoms with van der Waals surface area (Å²) in [6.07, 6.45) is 0. The number of nitrogens with zero attached hydrogens (tertiary/aromatic N) is 2. The summed E-state index contributed by atoms with van der Waals surface area (Å²) in [6.45, 7) is 0. The second-order valence-corrected chi connectivity index (χ2v) is 16.1. The van der Waals surface area contributed by atoms with Crippen LogP contribution in [0.1, 0.15) is 22.3 Å². The fourth-order valence-electron chi connectivity index (χ4n) is 10.1. The molecule has 0 unspecified atom stereocenters. The van der Waals surface area contributed by atoms with Crippen LogP contribution in [0, 0.1) is 0 Å². The molecular formula is C59H40N2. The first-order valence-corrected chi connectivity index (χ1v) is 21.1. The summed E-state index contributed by atoms with van der Waals surface area (Å²) in [7, 11) is 0. The largest absolute Gasteiger partial charge is 0.310 e. The van der Waals surface area contributed by atoms with Crippen LogP contribution in [0.3, 0.4) is 0 Å². The average molecular weight is 777 g/mol. The number of fused-ring (bicyclic) bond motifs is 7. The van der Waals surface area contributed by atoms with E-state index >= 15 is 0 Å². The van der Waals surface area contributed by atoms with E-state index in [1.165, 1.54) is 71.6 Å². The van der Waals surface area contributed by atoms with Crippen molar-refractivity contribution in [2.45, 2.75) is 5.41 Å². The van der Waals surface area contributed by atoms with E-state index in [-0.39, 0.29) is 0 Å². The summed E-state index contributed by atoms with van der Waals surface area (Å²) in [5, 5.41) is 4.94. The molecule has 2 nitrogen and oxygen atoms in total. The van der Waals surface area contributed by atoms with Crippen LogP contribution in [0.2, 0.25) is 0 Å². The fourth-order valence-corrected chi connectivity index (χ4v) is 10.1. The highest BCUT2D eigenvalue weighted by atomic mass is 15.1. The average Bonchev–Trinajstić information content (AvgIpc) is 3.81. The Labute approximate surface area is 355 Å². The van der Waals surface area contributed by atoms with E-state index in [1.807, 2.05) is 0 Å². The Balaban J connectivity index is 1.12. The van der Waals surface area contributed by atoms with Crippen molar-refractivity contribution in [2.24, 2.45) is 0 Å². The molecule has 286 valence electrons. The van der Waals surface area contributed by atoms with Gasteiger partial charge in [0.1, 0.15) is 0 Å². The molecule has 1 aromatic heterocycles. The zero-order chi connectivity index (χ0) is 40.3. The van der Waals surface area contributed by atoms with Gasteiger partial charge >= 0.3 is 0 Å². The summed E-state index contributed by atoms with van der Waals surface area (Å²) in [5.41, 5.74) is 16.3. The third-order valence-corrected chi connectivity index (χ3v) is 12.8. The van der Waals surface area contributed by atoms with Gasteiger partial charge in [-0.15, -0.1) is 0 Å². The zero-order valence-corrected chi connectivity index (χ0v) is 33.5. The molecule has 0 fully saturated rings. The Morgan fingerprint density at radius 2 is 0.885 bits per heavy atom. The second kappa shape index (κ2) is 14.1. The van der Waals surface area contributed by atoms with Crippen LogP contribution in [-0.2, 0) is 5.41 Å². The molecule has 1 heterocycles. The molecule has 0 radical (unpaired) electrons. The maximum Gasteiger partial charge on any atom is 0.0714 e. The van der Waals surface area contributed by atoms with Crippen molar-refractivity contribution < 1.29 is 0 Å². The van der Waals surface area contributed by atoms with Crippen molar-refractivity contribution in [3.63, 3.8) is 0 Å². The Morgan fingerprint density at radius 1 is 0.328 bits per heavy atom. The molecule has 12 rings (SSSR count). The van der Waals surface area contributed by atoms with E-state index in [9.17, 15) is 0 Å². The molecule has 0 aliphatic heterocycles. The van der Waals surface area contributed by atoms with Gasteiger partial charge in [-0.25, -0.2) is 0 Å². The van der Waals surface area contributed by atoms with Crippen molar-refractivity contribution in [1.29, 1.82) is 0 Å². The summed E-state index contributed by atoms with van der Waals surface area (Å²) in [5.74, 6) is 0. The molecule has 0 saturated heterocycles. The highest BCUT2D eigenvalue weighted by Crippen LogP contribution is 2.58. The van der Waals surface area contributed by atoms with Gasteiger partial charge in [-0.3, -0.25) is 0 Å². The third-order valence-electron chi connectivity index (χ3n) is 12.8. The minimum absolute atomic E-state index is 0.546. The first kappa shape index (κ1) is 35.0. The quantitative estimate of drug-likeness (QED) is 0.156. The lowest BCUT2D eigenvalue weighted by molar-refractivity contribution is 0.769. The van der Waals surface area contributed by atoms with Gasteiger partial charge in [0, 0.05) is 33.5 Å². The van der Waals surface area contributed by atoms with E-state index < -0.39 is 5.41 Å². The Kier molecular flexibility index (Phi) is 8.11. The third kappa shape index (κ3) is 5.50. The summed E-state index contributed by atoms with van der Waals surface area (Å²) in [6, 6.07) is 89.2. The molecule has 11 aromatic rings. The van der Waals surface area contributed by atoms with E-state index in [1.54, 1.807) is 0 Å². The van der Waals surface area contributed by atoms with Crippen LogP contribution >= 0.6 is 0 Å². The number of benzene rings is 10. The predicted octanol–water partition coefficient (Wildman–Crippen LogP) is 15.4. The minimum Gasteiger partial charge on any atom is -0.310 e. The number of rotatable bonds is 7. The maximum atomic E-state index is 2.47. The lowest BCUT2D eigenvalue weighted by atomic mass is 9.67. The van der Waals surface area contributed by atoms with Crippen LogP contribution in [0.15, 0.2) is 243 Å². The van der Waals surface area contributed by atoms with Crippen molar-refractivity contribution in [3.8, 4) is 27.9 Å². The van der Waals surface area contributed by atoms with Crippen LogP contribution < -0.4 is 4.90 Å². The van der Waals surface area contributed by atoms with Crippen molar-refractivity contribution >= 4 is 49.6 Å². The molecule has 61 heavy (non-hydrogen) atoms. The molecule has 10 aromatic carbocycles. The van der Waals surface area contributed by atoms with Crippen molar-refractivity contribution in [2.75, 3.05) is 4.90 Å². The lowest BCUT2D eigenvalue weighted by Crippen LogP contribution is -2.28. The number of hydrogen-bond donors (Lipinski definition) is 0. The standard InChI is InChI=1S/C59H40N2/c1-6-18-41(19-7-1)44-30-35-57-54(37-44)52-34-32-50(40-58(52)61(57)48-28-14-5-15-29-48)60(47-26-12-4-13-27-47)49-31-33-51-53-36-42-20-16-17-21-43(42)38-55(53)59(56(51)39-49,45-22-8-2-9-23-45)46-24-10-3-11-25-46/h1-40H. The predicted molar refractivity (Wildman–Crippen MR) is 256 cm³/mol. The lowest BCUT2D eigenvalue weighted by Gasteiger charge is -2.35. The van der Waals surface area contributed by atoms with Gasteiger partial charge in [0.25, 0.3) is 0 Å². The topological polar surface area (TPSA) is 8.17 Å².